The topological polar surface area (TPSA) is 101 Å². The number of sulfone groups is 1. The number of nitrogens with one attached hydrogen (secondary N) is 2. The van der Waals surface area contributed by atoms with Crippen LogP contribution in [0.1, 0.15) is 23.9 Å². The second-order valence-corrected chi connectivity index (χ2v) is 9.17. The molecule has 0 radical (unpaired) electrons. The van der Waals surface area contributed by atoms with Crippen molar-refractivity contribution < 1.29 is 8.42 Å². The molecule has 164 valence electrons. The highest BCUT2D eigenvalue weighted by atomic mass is 32.2. The monoisotopic (exact) mass is 440 g/mol. The number of aromatic nitrogens is 3. The molecule has 8 nitrogen and oxygen atoms in total. The Morgan fingerprint density at radius 2 is 1.81 bits per heavy atom. The second kappa shape index (κ2) is 10.2. The number of pyridine rings is 1. The van der Waals surface area contributed by atoms with Crippen LogP contribution in [0.15, 0.2) is 64.9 Å². The number of aliphatic imine (C=N–C) groups is 1. The molecule has 0 atom stereocenters. The Hall–Kier alpha value is -3.20. The predicted molar refractivity (Wildman–Crippen MR) is 122 cm³/mol. The largest absolute Gasteiger partial charge is 0.357 e. The molecule has 9 heteroatoms. The van der Waals surface area contributed by atoms with Gasteiger partial charge in [0.2, 0.25) is 0 Å². The fourth-order valence-electron chi connectivity index (χ4n) is 3.01. The first-order valence-corrected chi connectivity index (χ1v) is 12.0. The predicted octanol–water partition coefficient (Wildman–Crippen LogP) is 2.28. The summed E-state index contributed by atoms with van der Waals surface area (Å²) in [4.78, 5) is 13.7. The Kier molecular flexibility index (Phi) is 7.41. The van der Waals surface area contributed by atoms with Gasteiger partial charge in [-0.2, -0.15) is 0 Å². The van der Waals surface area contributed by atoms with Gasteiger partial charge in [0.1, 0.15) is 11.6 Å². The van der Waals surface area contributed by atoms with Crippen molar-refractivity contribution in [2.75, 3.05) is 19.3 Å². The zero-order valence-electron chi connectivity index (χ0n) is 18.0. The Morgan fingerprint density at radius 1 is 1.06 bits per heavy atom. The number of benzene rings is 1. The highest BCUT2D eigenvalue weighted by molar-refractivity contribution is 7.90. The SMILES string of the molecule is CCNC(=NCc1ccc(-n2ccnc2C)nc1)NCCc1ccc(S(C)(=O)=O)cc1. The van der Waals surface area contributed by atoms with Gasteiger partial charge in [-0.3, -0.25) is 4.57 Å². The lowest BCUT2D eigenvalue weighted by Crippen LogP contribution is -2.38. The molecule has 0 saturated carbocycles. The lowest BCUT2D eigenvalue weighted by molar-refractivity contribution is 0.602. The van der Waals surface area contributed by atoms with Crippen LogP contribution in [-0.2, 0) is 22.8 Å². The average molecular weight is 441 g/mol. The van der Waals surface area contributed by atoms with Crippen LogP contribution in [-0.4, -0.2) is 48.3 Å². The zero-order valence-corrected chi connectivity index (χ0v) is 18.9. The number of imidazole rings is 1. The quantitative estimate of drug-likeness (QED) is 0.412. The standard InChI is InChI=1S/C22H28N6O2S/c1-4-23-22(25-12-11-18-5-8-20(9-6-18)31(3,29)30)27-16-19-7-10-21(26-15-19)28-14-13-24-17(28)2/h5-10,13-15H,4,11-12,16H2,1-3H3,(H2,23,25,27). The summed E-state index contributed by atoms with van der Waals surface area (Å²) in [5.41, 5.74) is 2.07. The van der Waals surface area contributed by atoms with Crippen LogP contribution in [0, 0.1) is 6.92 Å². The molecule has 2 aromatic heterocycles. The molecular formula is C22H28N6O2S. The third kappa shape index (κ3) is 6.39. The van der Waals surface area contributed by atoms with E-state index in [1.807, 2.05) is 55.1 Å². The van der Waals surface area contributed by atoms with E-state index >= 15 is 0 Å². The number of nitrogens with zero attached hydrogens (tertiary/aromatic N) is 4. The average Bonchev–Trinajstić information content (AvgIpc) is 3.18. The van der Waals surface area contributed by atoms with E-state index in [1.54, 1.807) is 18.3 Å². The first-order chi connectivity index (χ1) is 14.9. The number of rotatable bonds is 8. The minimum atomic E-state index is -3.17. The second-order valence-electron chi connectivity index (χ2n) is 7.16. The van der Waals surface area contributed by atoms with Crippen LogP contribution in [0.25, 0.3) is 5.82 Å². The lowest BCUT2D eigenvalue weighted by atomic mass is 10.1. The highest BCUT2D eigenvalue weighted by Crippen LogP contribution is 2.11. The van der Waals surface area contributed by atoms with Crippen LogP contribution >= 0.6 is 0 Å². The summed E-state index contributed by atoms with van der Waals surface area (Å²) < 4.78 is 25.0. The van der Waals surface area contributed by atoms with Gasteiger partial charge in [-0.1, -0.05) is 18.2 Å². The van der Waals surface area contributed by atoms with Crippen LogP contribution in [0.2, 0.25) is 0 Å². The number of hydrogen-bond acceptors (Lipinski definition) is 5. The molecule has 2 heterocycles. The molecule has 3 aromatic rings. The molecule has 0 bridgehead atoms. The van der Waals surface area contributed by atoms with Crippen molar-refractivity contribution in [3.63, 3.8) is 0 Å². The van der Waals surface area contributed by atoms with Crippen molar-refractivity contribution in [1.29, 1.82) is 0 Å². The summed E-state index contributed by atoms with van der Waals surface area (Å²) in [6, 6.07) is 10.9. The van der Waals surface area contributed by atoms with Crippen molar-refractivity contribution in [3.8, 4) is 5.82 Å². The van der Waals surface area contributed by atoms with E-state index in [0.717, 1.165) is 41.7 Å². The molecule has 2 N–H and O–H groups in total. The third-order valence-electron chi connectivity index (χ3n) is 4.70. The van der Waals surface area contributed by atoms with E-state index in [1.165, 1.54) is 6.26 Å². The van der Waals surface area contributed by atoms with Crippen LogP contribution in [0.3, 0.4) is 0 Å². The van der Waals surface area contributed by atoms with E-state index in [-0.39, 0.29) is 0 Å². The summed E-state index contributed by atoms with van der Waals surface area (Å²) in [5.74, 6) is 2.45. The lowest BCUT2D eigenvalue weighted by Gasteiger charge is -2.11. The molecule has 3 rings (SSSR count). The summed E-state index contributed by atoms with van der Waals surface area (Å²) in [7, 11) is -3.17. The van der Waals surface area contributed by atoms with Gasteiger partial charge in [-0.15, -0.1) is 0 Å². The summed E-state index contributed by atoms with van der Waals surface area (Å²) in [5, 5.41) is 6.55. The molecule has 0 amide bonds. The summed E-state index contributed by atoms with van der Waals surface area (Å²) in [6.45, 7) is 5.90. The Balaban J connectivity index is 1.55. The Morgan fingerprint density at radius 3 is 2.39 bits per heavy atom. The van der Waals surface area contributed by atoms with Crippen molar-refractivity contribution in [1.82, 2.24) is 25.2 Å². The van der Waals surface area contributed by atoms with E-state index in [9.17, 15) is 8.42 Å². The highest BCUT2D eigenvalue weighted by Gasteiger charge is 2.06. The fraction of sp³-hybridized carbons (Fsp3) is 0.318. The van der Waals surface area contributed by atoms with Gasteiger partial charge in [0.05, 0.1) is 11.4 Å². The molecule has 0 aliphatic rings. The molecule has 1 aromatic carbocycles. The van der Waals surface area contributed by atoms with Crippen molar-refractivity contribution in [3.05, 3.63) is 71.9 Å². The first-order valence-electron chi connectivity index (χ1n) is 10.1. The van der Waals surface area contributed by atoms with E-state index in [2.05, 4.69) is 25.6 Å². The zero-order chi connectivity index (χ0) is 22.3. The fourth-order valence-corrected chi connectivity index (χ4v) is 3.64. The van der Waals surface area contributed by atoms with Crippen LogP contribution in [0.4, 0.5) is 0 Å². The molecule has 0 saturated heterocycles. The molecule has 0 fully saturated rings. The van der Waals surface area contributed by atoms with Crippen LogP contribution < -0.4 is 10.6 Å². The molecule has 0 aliphatic heterocycles. The minimum absolute atomic E-state index is 0.335. The smallest absolute Gasteiger partial charge is 0.191 e. The van der Waals surface area contributed by atoms with Gasteiger partial charge >= 0.3 is 0 Å². The molecule has 0 spiro atoms. The van der Waals surface area contributed by atoms with Crippen molar-refractivity contribution >= 4 is 15.8 Å². The van der Waals surface area contributed by atoms with Gasteiger partial charge < -0.3 is 10.6 Å². The van der Waals surface area contributed by atoms with E-state index in [4.69, 9.17) is 0 Å². The van der Waals surface area contributed by atoms with E-state index in [0.29, 0.717) is 18.0 Å². The number of guanidine groups is 1. The van der Waals surface area contributed by atoms with Crippen molar-refractivity contribution in [2.45, 2.75) is 31.7 Å². The number of aryl methyl sites for hydroxylation is 1. The molecule has 0 aliphatic carbocycles. The maximum absolute atomic E-state index is 11.6. The summed E-state index contributed by atoms with van der Waals surface area (Å²) in [6.07, 6.45) is 7.44. The molecule has 0 unspecified atom stereocenters. The minimum Gasteiger partial charge on any atom is -0.357 e. The Labute approximate surface area is 183 Å². The van der Waals surface area contributed by atoms with Gasteiger partial charge in [0.15, 0.2) is 15.8 Å². The first kappa shape index (κ1) is 22.5. The molecule has 31 heavy (non-hydrogen) atoms. The summed E-state index contributed by atoms with van der Waals surface area (Å²) >= 11 is 0. The van der Waals surface area contributed by atoms with Gasteiger partial charge in [0.25, 0.3) is 0 Å². The third-order valence-corrected chi connectivity index (χ3v) is 5.83. The molecular weight excluding hydrogens is 412 g/mol. The van der Waals surface area contributed by atoms with Gasteiger partial charge in [-0.25, -0.2) is 23.4 Å². The Bertz CT molecular complexity index is 1120. The van der Waals surface area contributed by atoms with Gasteiger partial charge in [-0.05, 0) is 49.6 Å². The maximum Gasteiger partial charge on any atom is 0.191 e. The van der Waals surface area contributed by atoms with Gasteiger partial charge in [0, 0.05) is 37.9 Å². The van der Waals surface area contributed by atoms with Crippen molar-refractivity contribution in [2.24, 2.45) is 4.99 Å². The maximum atomic E-state index is 11.6. The number of hydrogen-bond donors (Lipinski definition) is 2. The van der Waals surface area contributed by atoms with E-state index < -0.39 is 9.84 Å². The van der Waals surface area contributed by atoms with Crippen LogP contribution in [0.5, 0.6) is 0 Å². The normalized spacial score (nSPS) is 12.0.